The van der Waals surface area contributed by atoms with Crippen LogP contribution >= 0.6 is 0 Å². The number of nitrogens with one attached hydrogen (secondary N) is 1. The Labute approximate surface area is 153 Å². The van der Waals surface area contributed by atoms with Gasteiger partial charge in [-0.3, -0.25) is 0 Å². The van der Waals surface area contributed by atoms with Gasteiger partial charge in [0.15, 0.2) is 0 Å². The second-order valence-electron chi connectivity index (χ2n) is 6.84. The van der Waals surface area contributed by atoms with E-state index >= 15 is 0 Å². The number of hydrogen-bond donors (Lipinski definition) is 4. The number of hydrogen-bond acceptors (Lipinski definition) is 6. The number of carbonyl (C=O) groups is 2. The van der Waals surface area contributed by atoms with Crippen LogP contribution in [-0.2, 0) is 16.0 Å². The van der Waals surface area contributed by atoms with E-state index in [9.17, 15) is 14.7 Å². The average Bonchev–Trinajstić information content (AvgIpc) is 2.53. The van der Waals surface area contributed by atoms with Crippen molar-refractivity contribution in [1.82, 2.24) is 5.32 Å². The molecule has 0 aliphatic rings. The molecule has 146 valence electrons. The molecule has 1 aromatic carbocycles. The number of benzene rings is 1. The fraction of sp³-hybridized carbons (Fsp3) is 0.556. The molecule has 0 spiro atoms. The van der Waals surface area contributed by atoms with Crippen molar-refractivity contribution in [3.63, 3.8) is 0 Å². The molecule has 1 aromatic rings. The Balaban J connectivity index is 2.77. The number of carbonyl (C=O) groups excluding carboxylic acids is 1. The van der Waals surface area contributed by atoms with Crippen LogP contribution in [0, 0.1) is 0 Å². The number of aliphatic carboxylic acids is 1. The minimum atomic E-state index is -1.15. The second-order valence-corrected chi connectivity index (χ2v) is 6.84. The molecule has 1 atom stereocenters. The van der Waals surface area contributed by atoms with E-state index in [1.807, 2.05) is 4.90 Å². The van der Waals surface area contributed by atoms with Crippen LogP contribution in [0.5, 0.6) is 0 Å². The molecule has 0 aliphatic heterocycles. The minimum absolute atomic E-state index is 0.0390. The summed E-state index contributed by atoms with van der Waals surface area (Å²) in [5, 5.41) is 29.9. The lowest BCUT2D eigenvalue weighted by Crippen LogP contribution is -2.44. The molecule has 1 amide bonds. The molecule has 8 heteroatoms. The number of anilines is 1. The van der Waals surface area contributed by atoms with Gasteiger partial charge in [-0.15, -0.1) is 0 Å². The van der Waals surface area contributed by atoms with E-state index in [1.165, 1.54) is 0 Å². The highest BCUT2D eigenvalue weighted by Crippen LogP contribution is 2.16. The smallest absolute Gasteiger partial charge is 0.408 e. The van der Waals surface area contributed by atoms with Crippen molar-refractivity contribution in [2.24, 2.45) is 0 Å². The maximum absolute atomic E-state index is 11.8. The van der Waals surface area contributed by atoms with E-state index in [2.05, 4.69) is 5.32 Å². The summed E-state index contributed by atoms with van der Waals surface area (Å²) in [6, 6.07) is 5.97. The predicted molar refractivity (Wildman–Crippen MR) is 97.3 cm³/mol. The first-order valence-electron chi connectivity index (χ1n) is 8.44. The molecular formula is C18H28N2O6. The molecule has 0 radical (unpaired) electrons. The van der Waals surface area contributed by atoms with Gasteiger partial charge >= 0.3 is 12.1 Å². The van der Waals surface area contributed by atoms with Crippen LogP contribution in [-0.4, -0.2) is 65.3 Å². The van der Waals surface area contributed by atoms with Gasteiger partial charge in [-0.05, 0) is 38.5 Å². The number of carboxylic acid groups (broad SMARTS) is 1. The van der Waals surface area contributed by atoms with Gasteiger partial charge < -0.3 is 30.3 Å². The number of rotatable bonds is 9. The zero-order chi connectivity index (χ0) is 19.7. The van der Waals surface area contributed by atoms with E-state index in [0.29, 0.717) is 13.1 Å². The quantitative estimate of drug-likeness (QED) is 0.513. The van der Waals surface area contributed by atoms with Gasteiger partial charge in [0.25, 0.3) is 0 Å². The molecule has 0 heterocycles. The topological polar surface area (TPSA) is 119 Å². The van der Waals surface area contributed by atoms with Crippen LogP contribution in [0.3, 0.4) is 0 Å². The van der Waals surface area contributed by atoms with E-state index in [4.69, 9.17) is 14.9 Å². The standard InChI is InChI=1S/C18H28N2O6/c1-18(2,3)26-17(25)19-15(16(23)24)12-13-4-6-14(7-5-13)20(8-10-21)9-11-22/h4-7,15,21-22H,8-12H2,1-3H3,(H,19,25)(H,23,24). The predicted octanol–water partition coefficient (Wildman–Crippen LogP) is 0.998. The largest absolute Gasteiger partial charge is 0.480 e. The maximum atomic E-state index is 11.8. The fourth-order valence-corrected chi connectivity index (χ4v) is 2.34. The number of aliphatic hydroxyl groups excluding tert-OH is 2. The normalized spacial score (nSPS) is 12.3. The summed E-state index contributed by atoms with van der Waals surface area (Å²) in [6.45, 7) is 5.80. The SMILES string of the molecule is CC(C)(C)OC(=O)NC(Cc1ccc(N(CCO)CCO)cc1)C(=O)O. The van der Waals surface area contributed by atoms with E-state index < -0.39 is 23.7 Å². The summed E-state index contributed by atoms with van der Waals surface area (Å²) in [4.78, 5) is 25.0. The number of ether oxygens (including phenoxy) is 1. The van der Waals surface area contributed by atoms with Crippen LogP contribution in [0.4, 0.5) is 10.5 Å². The monoisotopic (exact) mass is 368 g/mol. The Kier molecular flexibility index (Phi) is 8.34. The van der Waals surface area contributed by atoms with E-state index in [1.54, 1.807) is 45.0 Å². The summed E-state index contributed by atoms with van der Waals surface area (Å²) in [5.74, 6) is -1.15. The van der Waals surface area contributed by atoms with Crippen molar-refractivity contribution in [3.05, 3.63) is 29.8 Å². The molecule has 4 N–H and O–H groups in total. The van der Waals surface area contributed by atoms with Crippen LogP contribution < -0.4 is 10.2 Å². The molecule has 1 rings (SSSR count). The highest BCUT2D eigenvalue weighted by atomic mass is 16.6. The average molecular weight is 368 g/mol. The highest BCUT2D eigenvalue weighted by molar-refractivity contribution is 5.80. The third-order valence-electron chi connectivity index (χ3n) is 3.47. The molecule has 8 nitrogen and oxygen atoms in total. The lowest BCUT2D eigenvalue weighted by atomic mass is 10.1. The van der Waals surface area contributed by atoms with E-state index in [0.717, 1.165) is 11.3 Å². The maximum Gasteiger partial charge on any atom is 0.408 e. The third kappa shape index (κ3) is 7.71. The molecule has 0 saturated carbocycles. The summed E-state index contributed by atoms with van der Waals surface area (Å²) < 4.78 is 5.09. The number of amides is 1. The first-order chi connectivity index (χ1) is 12.2. The fourth-order valence-electron chi connectivity index (χ4n) is 2.34. The Hall–Kier alpha value is -2.32. The summed E-state index contributed by atoms with van der Waals surface area (Å²) in [6.07, 6.45) is -0.673. The van der Waals surface area contributed by atoms with Crippen molar-refractivity contribution in [3.8, 4) is 0 Å². The summed E-state index contributed by atoms with van der Waals surface area (Å²) >= 11 is 0. The Morgan fingerprint density at radius 2 is 1.65 bits per heavy atom. The lowest BCUT2D eigenvalue weighted by Gasteiger charge is -2.24. The van der Waals surface area contributed by atoms with Gasteiger partial charge in [-0.1, -0.05) is 12.1 Å². The summed E-state index contributed by atoms with van der Waals surface area (Å²) in [5.41, 5.74) is 0.825. The van der Waals surface area contributed by atoms with Gasteiger partial charge in [0.2, 0.25) is 0 Å². The van der Waals surface area contributed by atoms with Crippen LogP contribution in [0.2, 0.25) is 0 Å². The highest BCUT2D eigenvalue weighted by Gasteiger charge is 2.24. The van der Waals surface area contributed by atoms with Crippen LogP contribution in [0.25, 0.3) is 0 Å². The van der Waals surface area contributed by atoms with Gasteiger partial charge in [0, 0.05) is 25.2 Å². The van der Waals surface area contributed by atoms with E-state index in [-0.39, 0.29) is 19.6 Å². The second kappa shape index (κ2) is 9.98. The zero-order valence-corrected chi connectivity index (χ0v) is 15.4. The van der Waals surface area contributed by atoms with Crippen molar-refractivity contribution >= 4 is 17.7 Å². The zero-order valence-electron chi connectivity index (χ0n) is 15.4. The number of alkyl carbamates (subject to hydrolysis) is 1. The van der Waals surface area contributed by atoms with Gasteiger partial charge in [0.1, 0.15) is 11.6 Å². The molecule has 0 aliphatic carbocycles. The third-order valence-corrected chi connectivity index (χ3v) is 3.47. The van der Waals surface area contributed by atoms with Crippen LogP contribution in [0.1, 0.15) is 26.3 Å². The first kappa shape index (κ1) is 21.7. The molecule has 26 heavy (non-hydrogen) atoms. The number of nitrogens with zero attached hydrogens (tertiary/aromatic N) is 1. The van der Waals surface area contributed by atoms with Crippen LogP contribution in [0.15, 0.2) is 24.3 Å². The van der Waals surface area contributed by atoms with Gasteiger partial charge in [-0.25, -0.2) is 9.59 Å². The molecule has 0 bridgehead atoms. The summed E-state index contributed by atoms with van der Waals surface area (Å²) in [7, 11) is 0. The first-order valence-corrected chi connectivity index (χ1v) is 8.44. The van der Waals surface area contributed by atoms with Crippen molar-refractivity contribution in [1.29, 1.82) is 0 Å². The van der Waals surface area contributed by atoms with Crippen molar-refractivity contribution in [2.45, 2.75) is 38.8 Å². The molecular weight excluding hydrogens is 340 g/mol. The molecule has 0 aromatic heterocycles. The lowest BCUT2D eigenvalue weighted by molar-refractivity contribution is -0.139. The number of carboxylic acids is 1. The minimum Gasteiger partial charge on any atom is -0.480 e. The molecule has 0 saturated heterocycles. The van der Waals surface area contributed by atoms with Gasteiger partial charge in [-0.2, -0.15) is 0 Å². The van der Waals surface area contributed by atoms with Gasteiger partial charge in [0.05, 0.1) is 13.2 Å². The Morgan fingerprint density at radius 3 is 2.08 bits per heavy atom. The molecule has 0 fully saturated rings. The molecule has 1 unspecified atom stereocenters. The van der Waals surface area contributed by atoms with Crippen molar-refractivity contribution in [2.75, 3.05) is 31.2 Å². The Morgan fingerprint density at radius 1 is 1.12 bits per heavy atom. The Bertz CT molecular complexity index is 576. The van der Waals surface area contributed by atoms with Crippen molar-refractivity contribution < 1.29 is 29.6 Å². The number of aliphatic hydroxyl groups is 2.